The Morgan fingerprint density at radius 3 is 2.06 bits per heavy atom. The van der Waals surface area contributed by atoms with Gasteiger partial charge in [-0.2, -0.15) is 0 Å². The van der Waals surface area contributed by atoms with Crippen LogP contribution in [0.2, 0.25) is 0 Å². The first-order valence-electron chi connectivity index (χ1n) is 10.9. The van der Waals surface area contributed by atoms with Gasteiger partial charge in [0.25, 0.3) is 0 Å². The average Bonchev–Trinajstić information content (AvgIpc) is 3.16. The Hall–Kier alpha value is -3.96. The number of carbonyl (C=O) groups is 2. The smallest absolute Gasteiger partial charge is 0.322 e. The van der Waals surface area contributed by atoms with Crippen LogP contribution in [0.4, 0.5) is 0 Å². The van der Waals surface area contributed by atoms with Crippen molar-refractivity contribution in [1.82, 2.24) is 0 Å². The Bertz CT molecular complexity index is 1310. The van der Waals surface area contributed by atoms with Gasteiger partial charge in [0.15, 0.2) is 5.92 Å². The Balaban J connectivity index is 1.41. The first-order chi connectivity index (χ1) is 16.1. The molecule has 0 bridgehead atoms. The topological polar surface area (TPSA) is 89.6 Å². The maximum atomic E-state index is 13.0. The molecule has 5 rings (SSSR count). The number of ether oxygens (including phenoxy) is 1. The second-order valence-electron chi connectivity index (χ2n) is 8.27. The van der Waals surface area contributed by atoms with Crippen molar-refractivity contribution in [2.75, 3.05) is 6.61 Å². The van der Waals surface area contributed by atoms with Gasteiger partial charge in [-0.25, -0.2) is 0 Å². The number of rotatable bonds is 6. The fourth-order valence-electron chi connectivity index (χ4n) is 4.82. The van der Waals surface area contributed by atoms with E-state index >= 15 is 0 Å². The Labute approximate surface area is 191 Å². The van der Waals surface area contributed by atoms with E-state index in [1.165, 1.54) is 0 Å². The number of benzene rings is 4. The third kappa shape index (κ3) is 3.66. The molecule has 0 aliphatic heterocycles. The number of aliphatic carboxylic acids is 1. The van der Waals surface area contributed by atoms with Gasteiger partial charge in [-0.15, -0.1) is 0 Å². The standard InChI is InChI=1S/C28H23NO4/c29-26(23-15-7-9-17-8-1-2-10-18(17)23)25(27(30)31)28(32)33-16-24-21-13-5-3-11-19(21)20-12-4-6-14-22(20)24/h1-15,24-26H,16,29H2,(H,30,31). The van der Waals surface area contributed by atoms with Crippen molar-refractivity contribution in [2.24, 2.45) is 11.7 Å². The van der Waals surface area contributed by atoms with Crippen LogP contribution in [0, 0.1) is 5.92 Å². The summed E-state index contributed by atoms with van der Waals surface area (Å²) in [5, 5.41) is 11.6. The summed E-state index contributed by atoms with van der Waals surface area (Å²) in [4.78, 5) is 25.1. The third-order valence-corrected chi connectivity index (χ3v) is 6.42. The van der Waals surface area contributed by atoms with Crippen LogP contribution in [0.5, 0.6) is 0 Å². The molecule has 2 atom stereocenters. The highest BCUT2D eigenvalue weighted by atomic mass is 16.5. The highest BCUT2D eigenvalue weighted by Crippen LogP contribution is 2.44. The van der Waals surface area contributed by atoms with Crippen LogP contribution in [0.15, 0.2) is 91.0 Å². The Morgan fingerprint density at radius 2 is 1.39 bits per heavy atom. The highest BCUT2D eigenvalue weighted by molar-refractivity contribution is 5.96. The van der Waals surface area contributed by atoms with Crippen molar-refractivity contribution in [1.29, 1.82) is 0 Å². The van der Waals surface area contributed by atoms with Gasteiger partial charge in [0.05, 0.1) is 6.04 Å². The van der Waals surface area contributed by atoms with E-state index in [2.05, 4.69) is 0 Å². The zero-order valence-electron chi connectivity index (χ0n) is 17.8. The molecular formula is C28H23NO4. The maximum absolute atomic E-state index is 13.0. The molecule has 0 fully saturated rings. The molecule has 5 heteroatoms. The van der Waals surface area contributed by atoms with E-state index in [1.54, 1.807) is 6.07 Å². The monoisotopic (exact) mass is 437 g/mol. The number of carbonyl (C=O) groups excluding carboxylic acids is 1. The lowest BCUT2D eigenvalue weighted by molar-refractivity contribution is -0.160. The van der Waals surface area contributed by atoms with Gasteiger partial charge >= 0.3 is 11.9 Å². The minimum atomic E-state index is -1.51. The predicted octanol–water partition coefficient (Wildman–Crippen LogP) is 4.90. The van der Waals surface area contributed by atoms with Crippen LogP contribution in [-0.2, 0) is 14.3 Å². The molecule has 1 aliphatic carbocycles. The SMILES string of the molecule is NC(c1cccc2ccccc12)C(C(=O)O)C(=O)OCC1c2ccccc2-c2ccccc21. The molecule has 1 aliphatic rings. The number of nitrogens with two attached hydrogens (primary N) is 1. The largest absolute Gasteiger partial charge is 0.481 e. The summed E-state index contributed by atoms with van der Waals surface area (Å²) in [7, 11) is 0. The lowest BCUT2D eigenvalue weighted by atomic mass is 9.90. The molecule has 33 heavy (non-hydrogen) atoms. The zero-order chi connectivity index (χ0) is 22.9. The van der Waals surface area contributed by atoms with E-state index < -0.39 is 23.9 Å². The van der Waals surface area contributed by atoms with Crippen molar-refractivity contribution < 1.29 is 19.4 Å². The number of carboxylic acid groups (broad SMARTS) is 1. The molecular weight excluding hydrogens is 414 g/mol. The van der Waals surface area contributed by atoms with Crippen molar-refractivity contribution in [3.63, 3.8) is 0 Å². The van der Waals surface area contributed by atoms with E-state index in [0.717, 1.165) is 33.0 Å². The van der Waals surface area contributed by atoms with Crippen LogP contribution < -0.4 is 5.73 Å². The minimum Gasteiger partial charge on any atom is -0.481 e. The van der Waals surface area contributed by atoms with Crippen LogP contribution >= 0.6 is 0 Å². The molecule has 0 aromatic heterocycles. The van der Waals surface area contributed by atoms with Gasteiger partial charge < -0.3 is 15.6 Å². The fourth-order valence-corrected chi connectivity index (χ4v) is 4.82. The molecule has 0 heterocycles. The van der Waals surface area contributed by atoms with Crippen LogP contribution in [-0.4, -0.2) is 23.7 Å². The van der Waals surface area contributed by atoms with Crippen LogP contribution in [0.3, 0.4) is 0 Å². The Kier molecular flexibility index (Phi) is 5.40. The fraction of sp³-hybridized carbons (Fsp3) is 0.143. The minimum absolute atomic E-state index is 0.0545. The Morgan fingerprint density at radius 1 is 0.818 bits per heavy atom. The maximum Gasteiger partial charge on any atom is 0.322 e. The van der Waals surface area contributed by atoms with E-state index in [9.17, 15) is 14.7 Å². The highest BCUT2D eigenvalue weighted by Gasteiger charge is 2.37. The summed E-state index contributed by atoms with van der Waals surface area (Å²) in [5.41, 5.74) is 11.3. The van der Waals surface area contributed by atoms with E-state index in [-0.39, 0.29) is 12.5 Å². The van der Waals surface area contributed by atoms with Gasteiger partial charge in [0.1, 0.15) is 6.61 Å². The molecule has 5 nitrogen and oxygen atoms in total. The van der Waals surface area contributed by atoms with Gasteiger partial charge in [-0.3, -0.25) is 9.59 Å². The molecule has 0 radical (unpaired) electrons. The van der Waals surface area contributed by atoms with Crippen molar-refractivity contribution >= 4 is 22.7 Å². The summed E-state index contributed by atoms with van der Waals surface area (Å²) < 4.78 is 5.62. The van der Waals surface area contributed by atoms with E-state index in [1.807, 2.05) is 84.9 Å². The van der Waals surface area contributed by atoms with Crippen molar-refractivity contribution in [3.8, 4) is 11.1 Å². The summed E-state index contributed by atoms with van der Waals surface area (Å²) in [6.45, 7) is 0.0545. The van der Waals surface area contributed by atoms with Gasteiger partial charge in [0, 0.05) is 5.92 Å². The molecule has 0 spiro atoms. The number of carboxylic acids is 1. The second-order valence-corrected chi connectivity index (χ2v) is 8.27. The molecule has 164 valence electrons. The average molecular weight is 437 g/mol. The van der Waals surface area contributed by atoms with Gasteiger partial charge in [-0.1, -0.05) is 91.0 Å². The summed E-state index contributed by atoms with van der Waals surface area (Å²) >= 11 is 0. The molecule has 0 amide bonds. The van der Waals surface area contributed by atoms with Gasteiger partial charge in [0.2, 0.25) is 0 Å². The number of fused-ring (bicyclic) bond motifs is 4. The van der Waals surface area contributed by atoms with Gasteiger partial charge in [-0.05, 0) is 38.6 Å². The van der Waals surface area contributed by atoms with Crippen molar-refractivity contribution in [3.05, 3.63) is 108 Å². The first-order valence-corrected chi connectivity index (χ1v) is 10.9. The molecule has 3 N–H and O–H groups in total. The predicted molar refractivity (Wildman–Crippen MR) is 127 cm³/mol. The summed E-state index contributed by atoms with van der Waals surface area (Å²) in [6, 6.07) is 28.0. The lowest BCUT2D eigenvalue weighted by Crippen LogP contribution is -2.36. The zero-order valence-corrected chi connectivity index (χ0v) is 17.8. The molecule has 4 aromatic rings. The molecule has 4 aromatic carbocycles. The number of hydrogen-bond donors (Lipinski definition) is 2. The van der Waals surface area contributed by atoms with E-state index in [0.29, 0.717) is 5.56 Å². The second kappa shape index (κ2) is 8.52. The van der Waals surface area contributed by atoms with Crippen LogP contribution in [0.1, 0.15) is 28.7 Å². The first kappa shape index (κ1) is 20.9. The van der Waals surface area contributed by atoms with Crippen molar-refractivity contribution in [2.45, 2.75) is 12.0 Å². The normalized spacial score (nSPS) is 14.3. The quantitative estimate of drug-likeness (QED) is 0.331. The van der Waals surface area contributed by atoms with Crippen LogP contribution in [0.25, 0.3) is 21.9 Å². The number of hydrogen-bond acceptors (Lipinski definition) is 4. The molecule has 2 unspecified atom stereocenters. The summed E-state index contributed by atoms with van der Waals surface area (Å²) in [5.74, 6) is -3.79. The molecule has 0 saturated carbocycles. The lowest BCUT2D eigenvalue weighted by Gasteiger charge is -2.22. The summed E-state index contributed by atoms with van der Waals surface area (Å²) in [6.07, 6.45) is 0. The van der Waals surface area contributed by atoms with E-state index in [4.69, 9.17) is 10.5 Å². The molecule has 0 saturated heterocycles. The third-order valence-electron chi connectivity index (χ3n) is 6.42. The number of esters is 1.